The number of amides is 2. The molecule has 0 heterocycles. The molecular formula is C28H32FN3O5S. The lowest BCUT2D eigenvalue weighted by atomic mass is 10.1. The summed E-state index contributed by atoms with van der Waals surface area (Å²) < 4.78 is 47.4. The van der Waals surface area contributed by atoms with Crippen molar-refractivity contribution in [3.63, 3.8) is 0 Å². The summed E-state index contributed by atoms with van der Waals surface area (Å²) in [6.45, 7) is 3.58. The van der Waals surface area contributed by atoms with Gasteiger partial charge in [0.25, 0.3) is 10.0 Å². The number of halogens is 1. The van der Waals surface area contributed by atoms with E-state index in [1.54, 1.807) is 19.1 Å². The van der Waals surface area contributed by atoms with Crippen LogP contribution in [0.2, 0.25) is 0 Å². The number of anilines is 1. The molecule has 0 unspecified atom stereocenters. The Bertz CT molecular complexity index is 1320. The van der Waals surface area contributed by atoms with Gasteiger partial charge in [0.05, 0.1) is 17.2 Å². The van der Waals surface area contributed by atoms with Crippen LogP contribution >= 0.6 is 0 Å². The summed E-state index contributed by atoms with van der Waals surface area (Å²) >= 11 is 0. The van der Waals surface area contributed by atoms with Crippen molar-refractivity contribution in [1.82, 2.24) is 10.2 Å². The third kappa shape index (κ3) is 6.89. The zero-order chi connectivity index (χ0) is 27.7. The minimum absolute atomic E-state index is 0.110. The minimum atomic E-state index is -4.28. The monoisotopic (exact) mass is 541 g/mol. The number of ether oxygens (including phenoxy) is 1. The van der Waals surface area contributed by atoms with Gasteiger partial charge in [-0.1, -0.05) is 37.3 Å². The van der Waals surface area contributed by atoms with Gasteiger partial charge in [0.15, 0.2) is 0 Å². The van der Waals surface area contributed by atoms with Crippen LogP contribution in [-0.4, -0.2) is 51.4 Å². The molecule has 38 heavy (non-hydrogen) atoms. The number of sulfonamides is 1. The highest BCUT2D eigenvalue weighted by atomic mass is 32.2. The molecule has 0 aromatic heterocycles. The van der Waals surface area contributed by atoms with Gasteiger partial charge >= 0.3 is 0 Å². The van der Waals surface area contributed by atoms with Gasteiger partial charge in [-0.25, -0.2) is 12.8 Å². The summed E-state index contributed by atoms with van der Waals surface area (Å²) in [5, 5.41) is 2.59. The summed E-state index contributed by atoms with van der Waals surface area (Å²) in [6.07, 6.45) is 0.325. The van der Waals surface area contributed by atoms with E-state index in [2.05, 4.69) is 5.32 Å². The molecule has 2 amide bonds. The number of nitrogens with zero attached hydrogens (tertiary/aromatic N) is 2. The number of hydrogen-bond donors (Lipinski definition) is 1. The molecule has 0 bridgehead atoms. The van der Waals surface area contributed by atoms with Crippen LogP contribution in [0.4, 0.5) is 10.1 Å². The number of benzene rings is 3. The summed E-state index contributed by atoms with van der Waals surface area (Å²) in [6, 6.07) is 19.0. The Morgan fingerprint density at radius 1 is 0.947 bits per heavy atom. The Hall–Kier alpha value is -3.92. The van der Waals surface area contributed by atoms with Gasteiger partial charge in [-0.05, 0) is 67.4 Å². The zero-order valence-corrected chi connectivity index (χ0v) is 22.4. The van der Waals surface area contributed by atoms with E-state index in [4.69, 9.17) is 4.74 Å². The zero-order valence-electron chi connectivity index (χ0n) is 21.6. The number of nitrogens with one attached hydrogen (secondary N) is 1. The van der Waals surface area contributed by atoms with Gasteiger partial charge in [-0.15, -0.1) is 0 Å². The van der Waals surface area contributed by atoms with E-state index in [9.17, 15) is 22.4 Å². The Morgan fingerprint density at radius 3 is 2.13 bits per heavy atom. The van der Waals surface area contributed by atoms with Crippen LogP contribution in [0.15, 0.2) is 83.8 Å². The Morgan fingerprint density at radius 2 is 1.58 bits per heavy atom. The molecule has 3 aromatic carbocycles. The van der Waals surface area contributed by atoms with E-state index >= 15 is 0 Å². The maximum Gasteiger partial charge on any atom is 0.264 e. The molecule has 10 heteroatoms. The van der Waals surface area contributed by atoms with Crippen molar-refractivity contribution < 1.29 is 27.1 Å². The molecule has 1 N–H and O–H groups in total. The van der Waals surface area contributed by atoms with Crippen LogP contribution in [0.5, 0.6) is 5.75 Å². The molecule has 0 aliphatic carbocycles. The SMILES string of the molecule is CCOc1ccc(N(CC(=O)N(Cc2ccccc2)[C@@H](CC)C(=O)NC)S(=O)(=O)c2ccc(F)cc2)cc1. The van der Waals surface area contributed by atoms with Crippen molar-refractivity contribution in [2.75, 3.05) is 24.5 Å². The van der Waals surface area contributed by atoms with Crippen molar-refractivity contribution >= 4 is 27.5 Å². The second kappa shape index (κ2) is 13.0. The van der Waals surface area contributed by atoms with Crippen LogP contribution in [0.25, 0.3) is 0 Å². The van der Waals surface area contributed by atoms with Crippen molar-refractivity contribution in [3.8, 4) is 5.75 Å². The van der Waals surface area contributed by atoms with Crippen LogP contribution < -0.4 is 14.4 Å². The molecule has 0 aliphatic rings. The molecule has 0 spiro atoms. The van der Waals surface area contributed by atoms with Gasteiger partial charge in [-0.3, -0.25) is 13.9 Å². The first-order valence-corrected chi connectivity index (χ1v) is 13.7. The smallest absolute Gasteiger partial charge is 0.264 e. The summed E-state index contributed by atoms with van der Waals surface area (Å²) in [5.74, 6) is -0.967. The molecule has 3 aromatic rings. The number of likely N-dealkylation sites (N-methyl/N-ethyl adjacent to an activating group) is 1. The van der Waals surface area contributed by atoms with Gasteiger partial charge in [0.1, 0.15) is 24.2 Å². The minimum Gasteiger partial charge on any atom is -0.494 e. The first-order valence-electron chi connectivity index (χ1n) is 12.3. The molecular weight excluding hydrogens is 509 g/mol. The second-order valence-corrected chi connectivity index (χ2v) is 10.3. The number of hydrogen-bond acceptors (Lipinski definition) is 5. The normalized spacial score (nSPS) is 11.9. The quantitative estimate of drug-likeness (QED) is 0.374. The molecule has 0 fully saturated rings. The van der Waals surface area contributed by atoms with Gasteiger partial charge in [0, 0.05) is 13.6 Å². The molecule has 202 valence electrons. The lowest BCUT2D eigenvalue weighted by Crippen LogP contribution is -2.51. The average molecular weight is 542 g/mol. The van der Waals surface area contributed by atoms with Crippen LogP contribution in [0.1, 0.15) is 25.8 Å². The van der Waals surface area contributed by atoms with Gasteiger partial charge < -0.3 is 15.0 Å². The van der Waals surface area contributed by atoms with Crippen LogP contribution in [-0.2, 0) is 26.2 Å². The fourth-order valence-corrected chi connectivity index (χ4v) is 5.42. The Labute approximate surface area is 223 Å². The highest BCUT2D eigenvalue weighted by Crippen LogP contribution is 2.27. The van der Waals surface area contributed by atoms with E-state index < -0.39 is 34.3 Å². The molecule has 0 radical (unpaired) electrons. The predicted molar refractivity (Wildman–Crippen MR) is 144 cm³/mol. The molecule has 8 nitrogen and oxygen atoms in total. The third-order valence-corrected chi connectivity index (χ3v) is 7.73. The van der Waals surface area contributed by atoms with Crippen molar-refractivity contribution in [1.29, 1.82) is 0 Å². The average Bonchev–Trinajstić information content (AvgIpc) is 2.92. The van der Waals surface area contributed by atoms with Crippen molar-refractivity contribution in [3.05, 3.63) is 90.2 Å². The van der Waals surface area contributed by atoms with E-state index in [0.29, 0.717) is 18.8 Å². The topological polar surface area (TPSA) is 96.0 Å². The number of carbonyl (C=O) groups is 2. The molecule has 3 rings (SSSR count). The molecule has 0 aliphatic heterocycles. The maximum atomic E-state index is 13.8. The van der Waals surface area contributed by atoms with Gasteiger partial charge in [0.2, 0.25) is 11.8 Å². The first kappa shape index (κ1) is 28.6. The molecule has 0 saturated carbocycles. The maximum absolute atomic E-state index is 13.8. The van der Waals surface area contributed by atoms with Crippen LogP contribution in [0.3, 0.4) is 0 Å². The lowest BCUT2D eigenvalue weighted by molar-refractivity contribution is -0.140. The number of rotatable bonds is 12. The van der Waals surface area contributed by atoms with E-state index in [1.165, 1.54) is 24.1 Å². The fraction of sp³-hybridized carbons (Fsp3) is 0.286. The molecule has 1 atom stereocenters. The number of carbonyl (C=O) groups excluding carboxylic acids is 2. The standard InChI is InChI=1S/C28H32FN3O5S/c1-4-26(28(34)30-3)31(19-21-9-7-6-8-10-21)27(33)20-32(23-13-15-24(16-14-23)37-5-2)38(35,36)25-17-11-22(29)12-18-25/h6-18,26H,4-5,19-20H2,1-3H3,(H,30,34)/t26-/m0/s1. The molecule has 0 saturated heterocycles. The van der Waals surface area contributed by atoms with Crippen molar-refractivity contribution in [2.24, 2.45) is 0 Å². The largest absolute Gasteiger partial charge is 0.494 e. The van der Waals surface area contributed by atoms with Gasteiger partial charge in [-0.2, -0.15) is 0 Å². The van der Waals surface area contributed by atoms with Crippen LogP contribution in [0, 0.1) is 5.82 Å². The summed E-state index contributed by atoms with van der Waals surface area (Å²) in [5.41, 5.74) is 1.01. The third-order valence-electron chi connectivity index (χ3n) is 5.94. The highest BCUT2D eigenvalue weighted by Gasteiger charge is 2.33. The van der Waals surface area contributed by atoms with E-state index in [0.717, 1.165) is 34.1 Å². The predicted octanol–water partition coefficient (Wildman–Crippen LogP) is 3.97. The Kier molecular flexibility index (Phi) is 9.84. The first-order chi connectivity index (χ1) is 18.2. The summed E-state index contributed by atoms with van der Waals surface area (Å²) in [7, 11) is -2.79. The summed E-state index contributed by atoms with van der Waals surface area (Å²) in [4.78, 5) is 27.7. The lowest BCUT2D eigenvalue weighted by Gasteiger charge is -2.33. The fourth-order valence-electron chi connectivity index (χ4n) is 4.00. The van der Waals surface area contributed by atoms with E-state index in [1.807, 2.05) is 37.3 Å². The highest BCUT2D eigenvalue weighted by molar-refractivity contribution is 7.92. The Balaban J connectivity index is 2.04. The second-order valence-electron chi connectivity index (χ2n) is 8.44. The van der Waals surface area contributed by atoms with Crippen molar-refractivity contribution in [2.45, 2.75) is 37.8 Å². The van der Waals surface area contributed by atoms with E-state index in [-0.39, 0.29) is 23.0 Å².